The third-order valence-corrected chi connectivity index (χ3v) is 8.81. The van der Waals surface area contributed by atoms with Crippen LogP contribution in [0.2, 0.25) is 0 Å². The van der Waals surface area contributed by atoms with Gasteiger partial charge in [0.2, 0.25) is 5.56 Å². The molecule has 2 aromatic heterocycles. The maximum absolute atomic E-state index is 11.8. The van der Waals surface area contributed by atoms with Gasteiger partial charge < -0.3 is 19.9 Å². The molecular formula is C27H25N5O2S2. The number of hydrogen-bond acceptors (Lipinski definition) is 8. The predicted octanol–water partition coefficient (Wildman–Crippen LogP) is 5.28. The van der Waals surface area contributed by atoms with Gasteiger partial charge in [0.1, 0.15) is 6.10 Å². The molecular weight excluding hydrogens is 490 g/mol. The highest BCUT2D eigenvalue weighted by molar-refractivity contribution is 8.05. The van der Waals surface area contributed by atoms with Crippen molar-refractivity contribution in [2.45, 2.75) is 39.2 Å². The molecule has 0 bridgehead atoms. The average molecular weight is 516 g/mol. The third kappa shape index (κ3) is 4.86. The van der Waals surface area contributed by atoms with Gasteiger partial charge in [0.05, 0.1) is 30.7 Å². The zero-order valence-corrected chi connectivity index (χ0v) is 21.4. The molecule has 0 aliphatic carbocycles. The molecule has 0 spiro atoms. The predicted molar refractivity (Wildman–Crippen MR) is 143 cm³/mol. The van der Waals surface area contributed by atoms with Crippen LogP contribution in [0.3, 0.4) is 0 Å². The lowest BCUT2D eigenvalue weighted by molar-refractivity contribution is 0.0379. The lowest BCUT2D eigenvalue weighted by atomic mass is 10.1. The van der Waals surface area contributed by atoms with Crippen molar-refractivity contribution in [1.29, 1.82) is 0 Å². The third-order valence-electron chi connectivity index (χ3n) is 6.20. The van der Waals surface area contributed by atoms with E-state index in [0.29, 0.717) is 19.7 Å². The largest absolute Gasteiger partial charge is 0.379 e. The Kier molecular flexibility index (Phi) is 6.43. The monoisotopic (exact) mass is 515 g/mol. The van der Waals surface area contributed by atoms with E-state index in [1.807, 2.05) is 13.0 Å². The quantitative estimate of drug-likeness (QED) is 0.327. The van der Waals surface area contributed by atoms with Gasteiger partial charge >= 0.3 is 0 Å². The number of nitrogens with zero attached hydrogens (tertiary/aromatic N) is 3. The van der Waals surface area contributed by atoms with Crippen molar-refractivity contribution >= 4 is 34.9 Å². The number of ether oxygens (including phenoxy) is 1. The maximum atomic E-state index is 11.8. The molecule has 182 valence electrons. The van der Waals surface area contributed by atoms with E-state index in [2.05, 4.69) is 61.6 Å². The summed E-state index contributed by atoms with van der Waals surface area (Å²) in [6.07, 6.45) is 5.21. The van der Waals surface area contributed by atoms with Crippen molar-refractivity contribution in [2.75, 3.05) is 29.9 Å². The fraction of sp³-hybridized carbons (Fsp3) is 0.222. The summed E-state index contributed by atoms with van der Waals surface area (Å²) in [5.41, 5.74) is 4.95. The highest BCUT2D eigenvalue weighted by Gasteiger charge is 2.28. The number of aromatic nitrogens is 3. The minimum Gasteiger partial charge on any atom is -0.379 e. The molecule has 1 unspecified atom stereocenters. The van der Waals surface area contributed by atoms with Crippen LogP contribution in [-0.2, 0) is 11.3 Å². The first kappa shape index (κ1) is 23.1. The fourth-order valence-corrected chi connectivity index (χ4v) is 6.93. The zero-order valence-electron chi connectivity index (χ0n) is 19.7. The van der Waals surface area contributed by atoms with Crippen molar-refractivity contribution in [3.05, 3.63) is 94.4 Å². The smallest absolute Gasteiger partial charge is 0.249 e. The maximum Gasteiger partial charge on any atom is 0.249 e. The number of fused-ring (bicyclic) bond motifs is 2. The molecule has 2 aliphatic rings. The summed E-state index contributed by atoms with van der Waals surface area (Å²) in [5, 5.41) is 3.47. The Balaban J connectivity index is 1.20. The molecule has 2 aliphatic heterocycles. The second-order valence-electron chi connectivity index (χ2n) is 8.76. The van der Waals surface area contributed by atoms with Crippen molar-refractivity contribution < 1.29 is 4.74 Å². The second kappa shape index (κ2) is 10.0. The summed E-state index contributed by atoms with van der Waals surface area (Å²) < 4.78 is 6.23. The summed E-state index contributed by atoms with van der Waals surface area (Å²) in [5.74, 6) is 0. The average Bonchev–Trinajstić information content (AvgIpc) is 2.90. The molecule has 9 heteroatoms. The van der Waals surface area contributed by atoms with Crippen LogP contribution in [0.1, 0.15) is 23.1 Å². The van der Waals surface area contributed by atoms with E-state index in [1.54, 1.807) is 48.2 Å². The summed E-state index contributed by atoms with van der Waals surface area (Å²) in [6, 6.07) is 16.6. The molecule has 7 nitrogen and oxygen atoms in total. The van der Waals surface area contributed by atoms with Gasteiger partial charge in [-0.1, -0.05) is 35.7 Å². The van der Waals surface area contributed by atoms with Crippen LogP contribution in [0.5, 0.6) is 0 Å². The Morgan fingerprint density at radius 3 is 2.94 bits per heavy atom. The fourth-order valence-electron chi connectivity index (χ4n) is 4.48. The number of hydrogen-bond donors (Lipinski definition) is 2. The van der Waals surface area contributed by atoms with Gasteiger partial charge in [-0.05, 0) is 42.8 Å². The molecule has 1 fully saturated rings. The molecule has 4 aromatic rings. The molecule has 0 amide bonds. The van der Waals surface area contributed by atoms with Gasteiger partial charge in [0, 0.05) is 62.5 Å². The first-order valence-electron chi connectivity index (χ1n) is 11.8. The summed E-state index contributed by atoms with van der Waals surface area (Å²) in [4.78, 5) is 30.5. The van der Waals surface area contributed by atoms with E-state index >= 15 is 0 Å². The molecule has 4 heterocycles. The highest BCUT2D eigenvalue weighted by Crippen LogP contribution is 2.51. The number of benzene rings is 2. The molecule has 0 radical (unpaired) electrons. The molecule has 36 heavy (non-hydrogen) atoms. The molecule has 2 N–H and O–H groups in total. The van der Waals surface area contributed by atoms with Gasteiger partial charge in [-0.3, -0.25) is 14.8 Å². The topological polar surface area (TPSA) is 83.1 Å². The van der Waals surface area contributed by atoms with Gasteiger partial charge in [-0.25, -0.2) is 0 Å². The molecule has 1 saturated heterocycles. The zero-order chi connectivity index (χ0) is 24.5. The van der Waals surface area contributed by atoms with Crippen molar-refractivity contribution in [3.8, 4) is 0 Å². The Bertz CT molecular complexity index is 1470. The van der Waals surface area contributed by atoms with E-state index in [0.717, 1.165) is 29.3 Å². The Morgan fingerprint density at radius 2 is 2.06 bits per heavy atom. The van der Waals surface area contributed by atoms with E-state index < -0.39 is 0 Å². The number of aromatic amines is 1. The standard InChI is InChI=1S/C27H25N5O2S2/c1-17-13-28-14-19(31-17)15-30-18-5-6-23-25(11-18)35-24-4-2-3-21(27(24)36-23)22-16-32(9-10-34-22)20-7-8-29-26(33)12-20/h2-8,11-14,22,30H,9-10,15-16H2,1H3,(H,29,33). The van der Waals surface area contributed by atoms with Crippen LogP contribution >= 0.6 is 23.5 Å². The number of H-pyrrole nitrogens is 1. The molecule has 6 rings (SSSR count). The number of anilines is 2. The highest BCUT2D eigenvalue weighted by atomic mass is 32.2. The lowest BCUT2D eigenvalue weighted by Crippen LogP contribution is -2.39. The first-order valence-corrected chi connectivity index (χ1v) is 13.4. The van der Waals surface area contributed by atoms with E-state index in [1.165, 1.54) is 25.1 Å². The summed E-state index contributed by atoms with van der Waals surface area (Å²) in [6.45, 7) is 4.69. The summed E-state index contributed by atoms with van der Waals surface area (Å²) >= 11 is 3.60. The number of morpholine rings is 1. The second-order valence-corrected chi connectivity index (χ2v) is 10.9. The summed E-state index contributed by atoms with van der Waals surface area (Å²) in [7, 11) is 0. The van der Waals surface area contributed by atoms with E-state index in [4.69, 9.17) is 4.74 Å². The van der Waals surface area contributed by atoms with Crippen LogP contribution in [0.15, 0.2) is 91.5 Å². The Labute approximate surface area is 217 Å². The van der Waals surface area contributed by atoms with Gasteiger partial charge in [-0.15, -0.1) is 0 Å². The van der Waals surface area contributed by atoms with Gasteiger partial charge in [-0.2, -0.15) is 0 Å². The van der Waals surface area contributed by atoms with Crippen LogP contribution in [0, 0.1) is 6.92 Å². The van der Waals surface area contributed by atoms with E-state index in [-0.39, 0.29) is 11.7 Å². The van der Waals surface area contributed by atoms with Crippen LogP contribution in [-0.4, -0.2) is 34.6 Å². The Hall–Kier alpha value is -3.27. The Morgan fingerprint density at radius 1 is 1.11 bits per heavy atom. The lowest BCUT2D eigenvalue weighted by Gasteiger charge is -2.36. The normalized spacial score (nSPS) is 16.8. The number of aryl methyl sites for hydroxylation is 1. The SMILES string of the molecule is Cc1cncc(CNc2ccc3c(c2)Sc2cccc(C4CN(c5cc[nH]c(=O)c5)CCO4)c2S3)n1. The first-order chi connectivity index (χ1) is 17.6. The van der Waals surface area contributed by atoms with Crippen molar-refractivity contribution in [2.24, 2.45) is 0 Å². The molecule has 2 aromatic carbocycles. The van der Waals surface area contributed by atoms with Crippen LogP contribution < -0.4 is 15.8 Å². The van der Waals surface area contributed by atoms with Crippen LogP contribution in [0.4, 0.5) is 11.4 Å². The minimum absolute atomic E-state index is 0.0565. The minimum atomic E-state index is -0.0862. The number of rotatable bonds is 5. The van der Waals surface area contributed by atoms with Crippen LogP contribution in [0.25, 0.3) is 0 Å². The molecule has 0 saturated carbocycles. The van der Waals surface area contributed by atoms with Crippen molar-refractivity contribution in [1.82, 2.24) is 15.0 Å². The number of nitrogens with one attached hydrogen (secondary N) is 2. The van der Waals surface area contributed by atoms with Gasteiger partial charge in [0.25, 0.3) is 0 Å². The van der Waals surface area contributed by atoms with Gasteiger partial charge in [0.15, 0.2) is 0 Å². The van der Waals surface area contributed by atoms with E-state index in [9.17, 15) is 4.79 Å². The number of pyridine rings is 1. The van der Waals surface area contributed by atoms with Crippen molar-refractivity contribution in [3.63, 3.8) is 0 Å². The molecule has 1 atom stereocenters.